The summed E-state index contributed by atoms with van der Waals surface area (Å²) in [6.07, 6.45) is 0. The molecule has 0 atom stereocenters. The maximum absolute atomic E-state index is 13.8. The van der Waals surface area contributed by atoms with Crippen molar-refractivity contribution >= 4 is 29.7 Å². The third kappa shape index (κ3) is 3.59. The maximum Gasteiger partial charge on any atom is 0.256 e. The Bertz CT molecular complexity index is 964. The van der Waals surface area contributed by atoms with Crippen molar-refractivity contribution in [3.63, 3.8) is 0 Å². The predicted molar refractivity (Wildman–Crippen MR) is 91.3 cm³/mol. The second-order valence-electron chi connectivity index (χ2n) is 5.04. The van der Waals surface area contributed by atoms with E-state index in [4.69, 9.17) is 23.8 Å². The van der Waals surface area contributed by atoms with Gasteiger partial charge in [-0.15, -0.1) is 0 Å². The van der Waals surface area contributed by atoms with Gasteiger partial charge in [0.2, 0.25) is 0 Å². The van der Waals surface area contributed by atoms with E-state index in [2.05, 4.69) is 15.5 Å². The van der Waals surface area contributed by atoms with E-state index in [-0.39, 0.29) is 27.7 Å². The number of benzene rings is 2. The summed E-state index contributed by atoms with van der Waals surface area (Å²) in [5.74, 6) is -1.41. The Morgan fingerprint density at radius 1 is 1.24 bits per heavy atom. The first kappa shape index (κ1) is 17.2. The third-order valence-electron chi connectivity index (χ3n) is 3.42. The Labute approximate surface area is 151 Å². The van der Waals surface area contributed by atoms with Crippen molar-refractivity contribution in [1.82, 2.24) is 20.1 Å². The van der Waals surface area contributed by atoms with Crippen LogP contribution in [0.25, 0.3) is 5.69 Å². The van der Waals surface area contributed by atoms with Gasteiger partial charge in [-0.2, -0.15) is 5.10 Å². The molecular weight excluding hydrogens is 370 g/mol. The van der Waals surface area contributed by atoms with Gasteiger partial charge >= 0.3 is 0 Å². The largest absolute Gasteiger partial charge is 0.345 e. The molecule has 0 saturated heterocycles. The summed E-state index contributed by atoms with van der Waals surface area (Å²) in [6.45, 7) is -0.0337. The average Bonchev–Trinajstić information content (AvgIpc) is 2.94. The lowest BCUT2D eigenvalue weighted by Crippen LogP contribution is -2.25. The van der Waals surface area contributed by atoms with Gasteiger partial charge in [-0.25, -0.2) is 8.78 Å². The number of aromatic amines is 1. The molecule has 5 nitrogen and oxygen atoms in total. The fourth-order valence-corrected chi connectivity index (χ4v) is 2.77. The van der Waals surface area contributed by atoms with Gasteiger partial charge in [0.15, 0.2) is 10.6 Å². The molecule has 2 N–H and O–H groups in total. The Kier molecular flexibility index (Phi) is 4.91. The van der Waals surface area contributed by atoms with Crippen LogP contribution in [0.3, 0.4) is 0 Å². The highest BCUT2D eigenvalue weighted by Gasteiger charge is 2.17. The molecule has 9 heteroatoms. The zero-order valence-corrected chi connectivity index (χ0v) is 14.2. The van der Waals surface area contributed by atoms with E-state index in [9.17, 15) is 13.6 Å². The third-order valence-corrected chi connectivity index (χ3v) is 4.01. The number of amides is 1. The highest BCUT2D eigenvalue weighted by molar-refractivity contribution is 7.71. The normalized spacial score (nSPS) is 10.7. The fourth-order valence-electron chi connectivity index (χ4n) is 2.27. The van der Waals surface area contributed by atoms with Crippen molar-refractivity contribution in [3.8, 4) is 5.69 Å². The molecule has 0 unspecified atom stereocenters. The monoisotopic (exact) mass is 380 g/mol. The molecule has 0 spiro atoms. The lowest BCUT2D eigenvalue weighted by Gasteiger charge is -2.09. The highest BCUT2D eigenvalue weighted by atomic mass is 35.5. The summed E-state index contributed by atoms with van der Waals surface area (Å²) >= 11 is 11.0. The number of rotatable bonds is 4. The van der Waals surface area contributed by atoms with E-state index >= 15 is 0 Å². The molecule has 0 aliphatic heterocycles. The van der Waals surface area contributed by atoms with E-state index in [1.807, 2.05) is 0 Å². The van der Waals surface area contributed by atoms with Crippen molar-refractivity contribution in [3.05, 3.63) is 75.3 Å². The van der Waals surface area contributed by atoms with Gasteiger partial charge < -0.3 is 5.32 Å². The smallest absolute Gasteiger partial charge is 0.256 e. The number of nitrogens with one attached hydrogen (secondary N) is 2. The molecule has 3 rings (SSSR count). The van der Waals surface area contributed by atoms with E-state index in [0.717, 1.165) is 6.07 Å². The summed E-state index contributed by atoms with van der Waals surface area (Å²) in [7, 11) is 0. The quantitative estimate of drug-likeness (QED) is 0.677. The fraction of sp³-hybridized carbons (Fsp3) is 0.0625. The van der Waals surface area contributed by atoms with Gasteiger partial charge in [0.25, 0.3) is 5.91 Å². The molecular formula is C16H11ClF2N4OS. The molecule has 0 aliphatic carbocycles. The molecule has 25 heavy (non-hydrogen) atoms. The van der Waals surface area contributed by atoms with E-state index in [1.165, 1.54) is 41.0 Å². The molecule has 0 fully saturated rings. The molecule has 0 saturated carbocycles. The summed E-state index contributed by atoms with van der Waals surface area (Å²) in [4.78, 5) is 12.2. The number of aromatic nitrogens is 3. The Balaban J connectivity index is 1.84. The Morgan fingerprint density at radius 2 is 1.96 bits per heavy atom. The van der Waals surface area contributed by atoms with Crippen LogP contribution < -0.4 is 5.32 Å². The second kappa shape index (κ2) is 7.12. The number of nitrogens with zero attached hydrogens (tertiary/aromatic N) is 2. The van der Waals surface area contributed by atoms with Gasteiger partial charge in [-0.05, 0) is 48.6 Å². The highest BCUT2D eigenvalue weighted by Crippen LogP contribution is 2.19. The lowest BCUT2D eigenvalue weighted by atomic mass is 10.2. The number of hydrogen-bond donors (Lipinski definition) is 2. The van der Waals surface area contributed by atoms with E-state index in [0.29, 0.717) is 11.5 Å². The van der Waals surface area contributed by atoms with Crippen molar-refractivity contribution < 1.29 is 13.6 Å². The molecule has 1 amide bonds. The Morgan fingerprint density at radius 3 is 2.64 bits per heavy atom. The number of H-pyrrole nitrogens is 1. The van der Waals surface area contributed by atoms with Crippen molar-refractivity contribution in [2.45, 2.75) is 6.54 Å². The number of halogens is 3. The molecule has 3 aromatic rings. The van der Waals surface area contributed by atoms with Crippen LogP contribution in [0.4, 0.5) is 8.78 Å². The maximum atomic E-state index is 13.8. The van der Waals surface area contributed by atoms with Crippen LogP contribution in [0, 0.1) is 16.4 Å². The number of carbonyl (C=O) groups excluding carboxylic acids is 1. The molecule has 0 bridgehead atoms. The predicted octanol–water partition coefficient (Wildman–Crippen LogP) is 3.79. The SMILES string of the molecule is O=C(NCc1n[nH]c(=S)n1-c1ccc(F)cc1)c1c(F)cccc1Cl. The van der Waals surface area contributed by atoms with Gasteiger partial charge in [-0.3, -0.25) is 14.5 Å². The van der Waals surface area contributed by atoms with Crippen LogP contribution in [0.1, 0.15) is 16.2 Å². The van der Waals surface area contributed by atoms with Crippen LogP contribution in [-0.4, -0.2) is 20.7 Å². The first-order valence-electron chi connectivity index (χ1n) is 7.12. The molecule has 0 aliphatic rings. The minimum absolute atomic E-state index is 0.00916. The Hall–Kier alpha value is -2.58. The summed E-state index contributed by atoms with van der Waals surface area (Å²) < 4.78 is 28.7. The van der Waals surface area contributed by atoms with Gasteiger partial charge in [0.05, 0.1) is 17.1 Å². The lowest BCUT2D eigenvalue weighted by molar-refractivity contribution is 0.0946. The van der Waals surface area contributed by atoms with Crippen LogP contribution in [0.15, 0.2) is 42.5 Å². The van der Waals surface area contributed by atoms with Crippen LogP contribution >= 0.6 is 23.8 Å². The van der Waals surface area contributed by atoms with Crippen molar-refractivity contribution in [2.24, 2.45) is 0 Å². The molecule has 128 valence electrons. The minimum Gasteiger partial charge on any atom is -0.345 e. The van der Waals surface area contributed by atoms with Crippen LogP contribution in [-0.2, 0) is 6.54 Å². The molecule has 1 aromatic heterocycles. The minimum atomic E-state index is -0.720. The van der Waals surface area contributed by atoms with Crippen LogP contribution in [0.2, 0.25) is 5.02 Å². The summed E-state index contributed by atoms with van der Waals surface area (Å²) in [5, 5.41) is 9.20. The van der Waals surface area contributed by atoms with Gasteiger partial charge in [0.1, 0.15) is 11.6 Å². The van der Waals surface area contributed by atoms with Gasteiger partial charge in [0, 0.05) is 5.69 Å². The number of carbonyl (C=O) groups is 1. The van der Waals surface area contributed by atoms with Crippen LogP contribution in [0.5, 0.6) is 0 Å². The zero-order valence-electron chi connectivity index (χ0n) is 12.6. The first-order chi connectivity index (χ1) is 12.0. The summed E-state index contributed by atoms with van der Waals surface area (Å²) in [6, 6.07) is 9.61. The summed E-state index contributed by atoms with van der Waals surface area (Å²) in [5.41, 5.74) is 0.333. The van der Waals surface area contributed by atoms with E-state index < -0.39 is 11.7 Å². The zero-order chi connectivity index (χ0) is 18.0. The van der Waals surface area contributed by atoms with Gasteiger partial charge in [-0.1, -0.05) is 17.7 Å². The number of hydrogen-bond acceptors (Lipinski definition) is 3. The molecule has 2 aromatic carbocycles. The molecule has 0 radical (unpaired) electrons. The van der Waals surface area contributed by atoms with Crippen molar-refractivity contribution in [1.29, 1.82) is 0 Å². The van der Waals surface area contributed by atoms with E-state index in [1.54, 1.807) is 0 Å². The molecule has 1 heterocycles. The van der Waals surface area contributed by atoms with Crippen molar-refractivity contribution in [2.75, 3.05) is 0 Å². The average molecular weight is 381 g/mol. The second-order valence-corrected chi connectivity index (χ2v) is 5.83. The standard InChI is InChI=1S/C16H11ClF2N4OS/c17-11-2-1-3-12(19)14(11)15(24)20-8-13-21-22-16(25)23(13)10-6-4-9(18)5-7-10/h1-7H,8H2,(H,20,24)(H,22,25). The first-order valence-corrected chi connectivity index (χ1v) is 7.90. The topological polar surface area (TPSA) is 62.7 Å².